The first-order valence-electron chi connectivity index (χ1n) is 4.35. The van der Waals surface area contributed by atoms with Crippen LogP contribution in [0.25, 0.3) is 11.3 Å². The third-order valence-electron chi connectivity index (χ3n) is 2.10. The van der Waals surface area contributed by atoms with Crippen molar-refractivity contribution in [3.05, 3.63) is 30.2 Å². The Bertz CT molecular complexity index is 481. The molecule has 0 saturated carbocycles. The quantitative estimate of drug-likeness (QED) is 0.789. The van der Waals surface area contributed by atoms with Crippen molar-refractivity contribution in [2.24, 2.45) is 0 Å². The van der Waals surface area contributed by atoms with E-state index in [4.69, 9.17) is 10.5 Å². The first-order chi connectivity index (χ1) is 7.22. The molecule has 0 unspecified atom stereocenters. The maximum atomic E-state index is 13.1. The molecule has 4 nitrogen and oxygen atoms in total. The van der Waals surface area contributed by atoms with E-state index in [0.29, 0.717) is 22.7 Å². The standard InChI is InChI=1S/C10H10FN3O/c1-15-9-3-2-6(11)4-7(9)10-8(12)5-13-14-10/h2-5H,12H2,1H3,(H,13,14). The maximum Gasteiger partial charge on any atom is 0.128 e. The van der Waals surface area contributed by atoms with Gasteiger partial charge in [-0.05, 0) is 18.2 Å². The fraction of sp³-hybridized carbons (Fsp3) is 0.100. The molecule has 1 aromatic heterocycles. The largest absolute Gasteiger partial charge is 0.496 e. The number of H-pyrrole nitrogens is 1. The summed E-state index contributed by atoms with van der Waals surface area (Å²) in [5, 5.41) is 6.48. The van der Waals surface area contributed by atoms with Crippen LogP contribution in [0.15, 0.2) is 24.4 Å². The van der Waals surface area contributed by atoms with Crippen LogP contribution in [0.4, 0.5) is 10.1 Å². The van der Waals surface area contributed by atoms with E-state index in [1.807, 2.05) is 0 Å². The number of nitrogens with two attached hydrogens (primary N) is 1. The van der Waals surface area contributed by atoms with Gasteiger partial charge in [-0.2, -0.15) is 5.10 Å². The van der Waals surface area contributed by atoms with Gasteiger partial charge < -0.3 is 10.5 Å². The molecule has 0 atom stereocenters. The molecule has 0 aliphatic heterocycles. The number of ether oxygens (including phenoxy) is 1. The van der Waals surface area contributed by atoms with Gasteiger partial charge >= 0.3 is 0 Å². The van der Waals surface area contributed by atoms with Crippen LogP contribution < -0.4 is 10.5 Å². The van der Waals surface area contributed by atoms with Crippen molar-refractivity contribution in [2.75, 3.05) is 12.8 Å². The van der Waals surface area contributed by atoms with Crippen LogP contribution in [-0.4, -0.2) is 17.3 Å². The maximum absolute atomic E-state index is 13.1. The van der Waals surface area contributed by atoms with E-state index < -0.39 is 0 Å². The van der Waals surface area contributed by atoms with Crippen molar-refractivity contribution in [3.8, 4) is 17.0 Å². The Morgan fingerprint density at radius 1 is 1.47 bits per heavy atom. The highest BCUT2D eigenvalue weighted by atomic mass is 19.1. The van der Waals surface area contributed by atoms with Crippen molar-refractivity contribution in [1.82, 2.24) is 10.2 Å². The minimum absolute atomic E-state index is 0.347. The minimum atomic E-state index is -0.347. The molecule has 1 heterocycles. The van der Waals surface area contributed by atoms with Crippen LogP contribution in [-0.2, 0) is 0 Å². The predicted molar refractivity (Wildman–Crippen MR) is 54.9 cm³/mol. The smallest absolute Gasteiger partial charge is 0.128 e. The highest BCUT2D eigenvalue weighted by Gasteiger charge is 2.11. The molecule has 0 saturated heterocycles. The number of nitrogens with zero attached hydrogens (tertiary/aromatic N) is 1. The zero-order chi connectivity index (χ0) is 10.8. The first-order valence-corrected chi connectivity index (χ1v) is 4.35. The fourth-order valence-corrected chi connectivity index (χ4v) is 1.39. The van der Waals surface area contributed by atoms with Crippen molar-refractivity contribution in [1.29, 1.82) is 0 Å². The minimum Gasteiger partial charge on any atom is -0.496 e. The Morgan fingerprint density at radius 3 is 2.87 bits per heavy atom. The number of nitrogen functional groups attached to an aromatic ring is 1. The average Bonchev–Trinajstić information content (AvgIpc) is 2.64. The van der Waals surface area contributed by atoms with Gasteiger partial charge in [0.2, 0.25) is 0 Å². The van der Waals surface area contributed by atoms with E-state index >= 15 is 0 Å². The lowest BCUT2D eigenvalue weighted by atomic mass is 10.1. The summed E-state index contributed by atoms with van der Waals surface area (Å²) in [4.78, 5) is 0. The first kappa shape index (κ1) is 9.51. The topological polar surface area (TPSA) is 63.9 Å². The second-order valence-corrected chi connectivity index (χ2v) is 3.04. The molecule has 0 amide bonds. The zero-order valence-electron chi connectivity index (χ0n) is 8.12. The molecule has 0 aliphatic carbocycles. The summed E-state index contributed by atoms with van der Waals surface area (Å²) in [5.74, 6) is 0.201. The molecular formula is C10H10FN3O. The Kier molecular flexibility index (Phi) is 2.29. The third kappa shape index (κ3) is 1.63. The van der Waals surface area contributed by atoms with Crippen molar-refractivity contribution < 1.29 is 9.13 Å². The average molecular weight is 207 g/mol. The second kappa shape index (κ2) is 3.61. The number of aromatic nitrogens is 2. The van der Waals surface area contributed by atoms with Crippen molar-refractivity contribution in [3.63, 3.8) is 0 Å². The zero-order valence-corrected chi connectivity index (χ0v) is 8.12. The van der Waals surface area contributed by atoms with Crippen LogP contribution in [0.5, 0.6) is 5.75 Å². The predicted octanol–water partition coefficient (Wildman–Crippen LogP) is 1.81. The number of benzene rings is 1. The summed E-state index contributed by atoms with van der Waals surface area (Å²) in [6.45, 7) is 0. The Hall–Kier alpha value is -2.04. The van der Waals surface area contributed by atoms with Gasteiger partial charge in [0, 0.05) is 5.56 Å². The molecule has 3 N–H and O–H groups in total. The number of aromatic amines is 1. The number of rotatable bonds is 2. The third-order valence-corrected chi connectivity index (χ3v) is 2.10. The van der Waals surface area contributed by atoms with Crippen LogP contribution >= 0.6 is 0 Å². The van der Waals surface area contributed by atoms with Gasteiger partial charge in [-0.3, -0.25) is 5.10 Å². The molecule has 5 heteroatoms. The normalized spacial score (nSPS) is 10.3. The highest BCUT2D eigenvalue weighted by Crippen LogP contribution is 2.32. The van der Waals surface area contributed by atoms with Crippen LogP contribution in [0.2, 0.25) is 0 Å². The van der Waals surface area contributed by atoms with Crippen LogP contribution in [0.1, 0.15) is 0 Å². The van der Waals surface area contributed by atoms with Crippen LogP contribution in [0.3, 0.4) is 0 Å². The summed E-state index contributed by atoms with van der Waals surface area (Å²) in [6, 6.07) is 4.22. The molecule has 2 aromatic rings. The lowest BCUT2D eigenvalue weighted by Crippen LogP contribution is -1.92. The summed E-state index contributed by atoms with van der Waals surface area (Å²) < 4.78 is 18.2. The Balaban J connectivity index is 2.60. The molecule has 0 bridgehead atoms. The van der Waals surface area contributed by atoms with Gasteiger partial charge in [0.1, 0.15) is 11.6 Å². The van der Waals surface area contributed by atoms with E-state index in [1.54, 1.807) is 6.07 Å². The van der Waals surface area contributed by atoms with Gasteiger partial charge in [-0.15, -0.1) is 0 Å². The molecule has 0 fully saturated rings. The monoisotopic (exact) mass is 207 g/mol. The van der Waals surface area contributed by atoms with E-state index in [9.17, 15) is 4.39 Å². The van der Waals surface area contributed by atoms with Gasteiger partial charge in [0.05, 0.1) is 24.7 Å². The lowest BCUT2D eigenvalue weighted by molar-refractivity contribution is 0.415. The summed E-state index contributed by atoms with van der Waals surface area (Å²) in [6.07, 6.45) is 1.47. The summed E-state index contributed by atoms with van der Waals surface area (Å²) in [7, 11) is 1.52. The van der Waals surface area contributed by atoms with E-state index in [-0.39, 0.29) is 5.82 Å². The number of anilines is 1. The number of methoxy groups -OCH3 is 1. The van der Waals surface area contributed by atoms with E-state index in [0.717, 1.165) is 0 Å². The molecule has 15 heavy (non-hydrogen) atoms. The number of hydrogen-bond acceptors (Lipinski definition) is 3. The Morgan fingerprint density at radius 2 is 2.27 bits per heavy atom. The summed E-state index contributed by atoms with van der Waals surface area (Å²) >= 11 is 0. The van der Waals surface area contributed by atoms with Crippen molar-refractivity contribution >= 4 is 5.69 Å². The number of halogens is 1. The number of nitrogens with one attached hydrogen (secondary N) is 1. The lowest BCUT2D eigenvalue weighted by Gasteiger charge is -2.07. The van der Waals surface area contributed by atoms with E-state index in [1.165, 1.54) is 25.4 Å². The second-order valence-electron chi connectivity index (χ2n) is 3.04. The van der Waals surface area contributed by atoms with Crippen molar-refractivity contribution in [2.45, 2.75) is 0 Å². The van der Waals surface area contributed by atoms with Crippen LogP contribution in [0, 0.1) is 5.82 Å². The molecular weight excluding hydrogens is 197 g/mol. The molecule has 0 spiro atoms. The highest BCUT2D eigenvalue weighted by molar-refractivity contribution is 5.76. The van der Waals surface area contributed by atoms with Gasteiger partial charge in [0.15, 0.2) is 0 Å². The fourth-order valence-electron chi connectivity index (χ4n) is 1.39. The SMILES string of the molecule is COc1ccc(F)cc1-c1[nH]ncc1N. The van der Waals surface area contributed by atoms with Gasteiger partial charge in [-0.25, -0.2) is 4.39 Å². The number of hydrogen-bond donors (Lipinski definition) is 2. The molecule has 78 valence electrons. The molecule has 1 aromatic carbocycles. The summed E-state index contributed by atoms with van der Waals surface area (Å²) in [5.41, 5.74) is 7.26. The van der Waals surface area contributed by atoms with Gasteiger partial charge in [0.25, 0.3) is 0 Å². The van der Waals surface area contributed by atoms with Gasteiger partial charge in [-0.1, -0.05) is 0 Å². The molecule has 0 radical (unpaired) electrons. The Labute approximate surface area is 85.9 Å². The molecule has 0 aliphatic rings. The molecule has 2 rings (SSSR count). The van der Waals surface area contributed by atoms with E-state index in [2.05, 4.69) is 10.2 Å².